The Bertz CT molecular complexity index is 1310. The Kier molecular flexibility index (Phi) is 9.68. The number of amides is 1. The molecule has 0 aliphatic heterocycles. The van der Waals surface area contributed by atoms with Crippen LogP contribution in [0.25, 0.3) is 22.5 Å². The number of rotatable bonds is 12. The van der Waals surface area contributed by atoms with Crippen molar-refractivity contribution < 1.29 is 13.9 Å². The smallest absolute Gasteiger partial charge is 0.407 e. The molecule has 198 valence electrons. The van der Waals surface area contributed by atoms with E-state index in [1.54, 1.807) is 17.0 Å². The molecule has 0 aliphatic carbocycles. The highest BCUT2D eigenvalue weighted by Crippen LogP contribution is 2.33. The van der Waals surface area contributed by atoms with Gasteiger partial charge in [-0.3, -0.25) is 0 Å². The summed E-state index contributed by atoms with van der Waals surface area (Å²) >= 11 is 0. The van der Waals surface area contributed by atoms with Crippen LogP contribution in [0.15, 0.2) is 84.9 Å². The van der Waals surface area contributed by atoms with Crippen molar-refractivity contribution in [3.8, 4) is 28.3 Å². The van der Waals surface area contributed by atoms with Gasteiger partial charge >= 0.3 is 6.09 Å². The molecule has 0 atom stereocenters. The molecule has 0 fully saturated rings. The van der Waals surface area contributed by atoms with Gasteiger partial charge in [0.1, 0.15) is 5.82 Å². The fraction of sp³-hybridized carbons (Fsp3) is 0.312. The van der Waals surface area contributed by atoms with Crippen molar-refractivity contribution in [2.45, 2.75) is 52.5 Å². The lowest BCUT2D eigenvalue weighted by molar-refractivity contribution is 0.149. The first-order valence-electron chi connectivity index (χ1n) is 13.5. The van der Waals surface area contributed by atoms with Crippen molar-refractivity contribution in [2.75, 3.05) is 13.1 Å². The molecular formula is C32H36FN3O2. The number of ether oxygens (including phenoxy) is 1. The number of carbonyl (C=O) groups excluding carboxylic acids is 1. The maximum absolute atomic E-state index is 13.9. The van der Waals surface area contributed by atoms with Gasteiger partial charge in [0.2, 0.25) is 0 Å². The number of nitrogens with zero attached hydrogens (tertiary/aromatic N) is 3. The van der Waals surface area contributed by atoms with Crippen LogP contribution < -0.4 is 4.74 Å². The van der Waals surface area contributed by atoms with Crippen LogP contribution in [0.2, 0.25) is 0 Å². The standard InChI is InChI=1S/C32H36FN3O2/c1-3-22-35(32(37)38-29-21-13-12-20-28(29)33)23-14-4-5-15-24-36-25(2)34-30(26-16-8-6-9-17-26)31(36)27-18-10-7-11-19-27/h6-13,16-21H,3-5,14-15,22-24H2,1-2H3. The fourth-order valence-corrected chi connectivity index (χ4v) is 4.70. The molecule has 0 aliphatic rings. The minimum Gasteiger partial charge on any atom is -0.407 e. The largest absolute Gasteiger partial charge is 0.415 e. The normalized spacial score (nSPS) is 10.9. The minimum atomic E-state index is -0.530. The number of hydrogen-bond donors (Lipinski definition) is 0. The van der Waals surface area contributed by atoms with Gasteiger partial charge in [-0.25, -0.2) is 14.2 Å². The van der Waals surface area contributed by atoms with E-state index in [0.29, 0.717) is 13.1 Å². The van der Waals surface area contributed by atoms with E-state index in [1.165, 1.54) is 12.1 Å². The van der Waals surface area contributed by atoms with Crippen LogP contribution in [0.5, 0.6) is 5.75 Å². The molecule has 0 saturated heterocycles. The Labute approximate surface area is 224 Å². The molecule has 5 nitrogen and oxygen atoms in total. The van der Waals surface area contributed by atoms with E-state index in [-0.39, 0.29) is 5.75 Å². The second-order valence-corrected chi connectivity index (χ2v) is 9.44. The molecule has 0 saturated carbocycles. The lowest BCUT2D eigenvalue weighted by Gasteiger charge is -2.21. The number of carbonyl (C=O) groups is 1. The molecule has 0 unspecified atom stereocenters. The first-order valence-corrected chi connectivity index (χ1v) is 13.5. The predicted molar refractivity (Wildman–Crippen MR) is 151 cm³/mol. The van der Waals surface area contributed by atoms with Crippen molar-refractivity contribution in [1.82, 2.24) is 14.5 Å². The van der Waals surface area contributed by atoms with Crippen LogP contribution >= 0.6 is 0 Å². The third kappa shape index (κ3) is 6.88. The number of unbranched alkanes of at least 4 members (excludes halogenated alkanes) is 3. The molecule has 1 amide bonds. The third-order valence-electron chi connectivity index (χ3n) is 6.60. The maximum atomic E-state index is 13.9. The van der Waals surface area contributed by atoms with E-state index < -0.39 is 11.9 Å². The zero-order valence-electron chi connectivity index (χ0n) is 22.3. The Morgan fingerprint density at radius 1 is 0.842 bits per heavy atom. The lowest BCUT2D eigenvalue weighted by atomic mass is 10.0. The summed E-state index contributed by atoms with van der Waals surface area (Å²) in [5, 5.41) is 0. The number of halogens is 1. The molecule has 0 spiro atoms. The molecule has 1 aromatic heterocycles. The average molecular weight is 514 g/mol. The van der Waals surface area contributed by atoms with E-state index in [9.17, 15) is 9.18 Å². The SMILES string of the molecule is CCCN(CCCCCCn1c(C)nc(-c2ccccc2)c1-c1ccccc1)C(=O)Oc1ccccc1F. The zero-order chi connectivity index (χ0) is 26.7. The number of benzene rings is 3. The third-order valence-corrected chi connectivity index (χ3v) is 6.60. The Balaban J connectivity index is 1.34. The molecule has 4 aromatic rings. The summed E-state index contributed by atoms with van der Waals surface area (Å²) in [6.45, 7) is 6.15. The summed E-state index contributed by atoms with van der Waals surface area (Å²) in [5.41, 5.74) is 4.44. The van der Waals surface area contributed by atoms with E-state index in [2.05, 4.69) is 47.9 Å². The van der Waals surface area contributed by atoms with Crippen LogP contribution in [0.3, 0.4) is 0 Å². The number of imidazole rings is 1. The van der Waals surface area contributed by atoms with Crippen molar-refractivity contribution in [3.63, 3.8) is 0 Å². The summed E-state index contributed by atoms with van der Waals surface area (Å²) in [6.07, 6.45) is 4.24. The summed E-state index contributed by atoms with van der Waals surface area (Å²) in [5.74, 6) is 0.448. The monoisotopic (exact) mass is 513 g/mol. The van der Waals surface area contributed by atoms with E-state index in [1.807, 2.05) is 31.2 Å². The molecule has 4 rings (SSSR count). The zero-order valence-corrected chi connectivity index (χ0v) is 22.3. The van der Waals surface area contributed by atoms with Crippen molar-refractivity contribution in [1.29, 1.82) is 0 Å². The van der Waals surface area contributed by atoms with Crippen LogP contribution in [0.4, 0.5) is 9.18 Å². The molecule has 1 heterocycles. The highest BCUT2D eigenvalue weighted by molar-refractivity contribution is 5.79. The van der Waals surface area contributed by atoms with E-state index in [4.69, 9.17) is 9.72 Å². The van der Waals surface area contributed by atoms with Crippen molar-refractivity contribution in [2.24, 2.45) is 0 Å². The van der Waals surface area contributed by atoms with E-state index >= 15 is 0 Å². The van der Waals surface area contributed by atoms with Gasteiger partial charge < -0.3 is 14.2 Å². The second kappa shape index (κ2) is 13.6. The van der Waals surface area contributed by atoms with Crippen molar-refractivity contribution >= 4 is 6.09 Å². The Morgan fingerprint density at radius 3 is 2.16 bits per heavy atom. The lowest BCUT2D eigenvalue weighted by Crippen LogP contribution is -2.35. The molecule has 3 aromatic carbocycles. The average Bonchev–Trinajstić information content (AvgIpc) is 3.28. The Hall–Kier alpha value is -3.93. The number of para-hydroxylation sites is 1. The molecule has 0 bridgehead atoms. The van der Waals surface area contributed by atoms with Gasteiger partial charge in [0.25, 0.3) is 0 Å². The number of aromatic nitrogens is 2. The first-order chi connectivity index (χ1) is 18.6. The van der Waals surface area contributed by atoms with Crippen LogP contribution in [-0.4, -0.2) is 33.6 Å². The summed E-state index contributed by atoms with van der Waals surface area (Å²) in [4.78, 5) is 19.2. The molecule has 0 N–H and O–H groups in total. The van der Waals surface area contributed by atoms with Gasteiger partial charge in [-0.2, -0.15) is 0 Å². The number of aryl methyl sites for hydroxylation is 1. The Morgan fingerprint density at radius 2 is 1.47 bits per heavy atom. The first kappa shape index (κ1) is 27.1. The summed E-state index contributed by atoms with van der Waals surface area (Å²) in [7, 11) is 0. The van der Waals surface area contributed by atoms with Gasteiger partial charge in [0, 0.05) is 30.8 Å². The van der Waals surface area contributed by atoms with Crippen molar-refractivity contribution in [3.05, 3.63) is 96.6 Å². The van der Waals surface area contributed by atoms with Crippen LogP contribution in [0, 0.1) is 12.7 Å². The molecule has 0 radical (unpaired) electrons. The fourth-order valence-electron chi connectivity index (χ4n) is 4.70. The number of hydrogen-bond acceptors (Lipinski definition) is 3. The van der Waals surface area contributed by atoms with Gasteiger partial charge in [0.05, 0.1) is 11.4 Å². The molecule has 38 heavy (non-hydrogen) atoms. The maximum Gasteiger partial charge on any atom is 0.415 e. The topological polar surface area (TPSA) is 47.4 Å². The van der Waals surface area contributed by atoms with Gasteiger partial charge in [-0.1, -0.05) is 92.6 Å². The minimum absolute atomic E-state index is 0.0293. The van der Waals surface area contributed by atoms with Gasteiger partial charge in [0.15, 0.2) is 11.6 Å². The van der Waals surface area contributed by atoms with Crippen LogP contribution in [-0.2, 0) is 6.54 Å². The highest BCUT2D eigenvalue weighted by atomic mass is 19.1. The quantitative estimate of drug-likeness (QED) is 0.180. The van der Waals surface area contributed by atoms with Gasteiger partial charge in [-0.05, 0) is 38.3 Å². The summed E-state index contributed by atoms with van der Waals surface area (Å²) < 4.78 is 21.5. The summed E-state index contributed by atoms with van der Waals surface area (Å²) in [6, 6.07) is 26.8. The second-order valence-electron chi connectivity index (χ2n) is 9.44. The molecule has 6 heteroatoms. The van der Waals surface area contributed by atoms with Gasteiger partial charge in [-0.15, -0.1) is 0 Å². The highest BCUT2D eigenvalue weighted by Gasteiger charge is 2.18. The van der Waals surface area contributed by atoms with Crippen LogP contribution in [0.1, 0.15) is 44.9 Å². The predicted octanol–water partition coefficient (Wildman–Crippen LogP) is 8.14. The molecular weight excluding hydrogens is 477 g/mol. The van der Waals surface area contributed by atoms with E-state index in [0.717, 1.165) is 67.0 Å².